The van der Waals surface area contributed by atoms with Gasteiger partial charge in [-0.15, -0.1) is 13.2 Å². The molecule has 3 saturated heterocycles. The standard InChI is InChI=1S/C35H43N3O5/c1-5-20-36(22-25-14-10-8-11-15-25)31(40)28-29-32(41)38(27(7-3)24-39)30(35(29)19-18-34(28,4)43-35)33(42)37(21-6-2)23-26-16-12-9-13-17-26/h5-6,8-17,27-30,39H,1-2,7,18-24H2,3-4H3/t27-,28+,29-,30?,34-,35?/m0/s1. The monoisotopic (exact) mass is 585 g/mol. The summed E-state index contributed by atoms with van der Waals surface area (Å²) in [6.07, 6.45) is 4.86. The molecule has 0 radical (unpaired) electrons. The van der Waals surface area contributed by atoms with Crippen LogP contribution in [-0.2, 0) is 32.2 Å². The molecule has 3 heterocycles. The van der Waals surface area contributed by atoms with Crippen molar-refractivity contribution in [1.82, 2.24) is 14.7 Å². The Morgan fingerprint density at radius 2 is 1.51 bits per heavy atom. The van der Waals surface area contributed by atoms with Gasteiger partial charge in [0.05, 0.1) is 30.1 Å². The second kappa shape index (κ2) is 12.5. The third-order valence-electron chi connectivity index (χ3n) is 9.54. The first-order valence-corrected chi connectivity index (χ1v) is 15.2. The molecule has 228 valence electrons. The molecular weight excluding hydrogens is 542 g/mol. The minimum Gasteiger partial charge on any atom is -0.394 e. The molecule has 0 aliphatic carbocycles. The second-order valence-electron chi connectivity index (χ2n) is 12.2. The van der Waals surface area contributed by atoms with Crippen molar-refractivity contribution in [2.45, 2.75) is 69.5 Å². The summed E-state index contributed by atoms with van der Waals surface area (Å²) >= 11 is 0. The van der Waals surface area contributed by atoms with Crippen molar-refractivity contribution in [3.05, 3.63) is 97.1 Å². The molecule has 1 N–H and O–H groups in total. The van der Waals surface area contributed by atoms with Crippen molar-refractivity contribution in [2.24, 2.45) is 11.8 Å². The normalized spacial score (nSPS) is 27.9. The second-order valence-corrected chi connectivity index (χ2v) is 12.2. The third-order valence-corrected chi connectivity index (χ3v) is 9.54. The fourth-order valence-electron chi connectivity index (χ4n) is 7.58. The van der Waals surface area contributed by atoms with Gasteiger partial charge in [-0.05, 0) is 37.3 Å². The average molecular weight is 586 g/mol. The predicted molar refractivity (Wildman–Crippen MR) is 164 cm³/mol. The van der Waals surface area contributed by atoms with Gasteiger partial charge in [0.25, 0.3) is 0 Å². The molecule has 2 bridgehead atoms. The maximum Gasteiger partial charge on any atom is 0.249 e. The molecule has 8 nitrogen and oxygen atoms in total. The molecule has 3 fully saturated rings. The summed E-state index contributed by atoms with van der Waals surface area (Å²) < 4.78 is 6.84. The lowest BCUT2D eigenvalue weighted by molar-refractivity contribution is -0.156. The minimum atomic E-state index is -1.17. The van der Waals surface area contributed by atoms with Crippen molar-refractivity contribution in [1.29, 1.82) is 0 Å². The summed E-state index contributed by atoms with van der Waals surface area (Å²) in [6.45, 7) is 12.6. The molecule has 2 aromatic carbocycles. The van der Waals surface area contributed by atoms with Gasteiger partial charge in [-0.1, -0.05) is 79.7 Å². The number of aliphatic hydroxyl groups is 1. The molecule has 3 amide bonds. The highest BCUT2D eigenvalue weighted by molar-refractivity contribution is 5.99. The fraction of sp³-hybridized carbons (Fsp3) is 0.457. The highest BCUT2D eigenvalue weighted by atomic mass is 16.5. The third kappa shape index (κ3) is 5.31. The fourth-order valence-corrected chi connectivity index (χ4v) is 7.58. The van der Waals surface area contributed by atoms with Gasteiger partial charge in [0, 0.05) is 26.2 Å². The Morgan fingerprint density at radius 1 is 0.977 bits per heavy atom. The van der Waals surface area contributed by atoms with E-state index in [4.69, 9.17) is 4.74 Å². The molecule has 3 aliphatic rings. The van der Waals surface area contributed by atoms with Crippen molar-refractivity contribution < 1.29 is 24.2 Å². The first kappa shape index (κ1) is 30.7. The van der Waals surface area contributed by atoms with Crippen LogP contribution in [0.4, 0.5) is 0 Å². The molecular formula is C35H43N3O5. The predicted octanol–water partition coefficient (Wildman–Crippen LogP) is 3.95. The summed E-state index contributed by atoms with van der Waals surface area (Å²) in [5.41, 5.74) is -0.146. The van der Waals surface area contributed by atoms with Crippen molar-refractivity contribution in [3.8, 4) is 0 Å². The lowest BCUT2D eigenvalue weighted by atomic mass is 9.66. The summed E-state index contributed by atoms with van der Waals surface area (Å²) in [5, 5.41) is 10.4. The minimum absolute atomic E-state index is 0.177. The SMILES string of the molecule is C=CCN(Cc1ccccc1)C(=O)C1N([C@@H](CC)CO)C(=O)[C@@H]2[C@H](C(=O)N(CC=C)Cc3ccccc3)[C@]3(C)CCC12O3. The van der Waals surface area contributed by atoms with E-state index in [9.17, 15) is 19.5 Å². The Hall–Kier alpha value is -3.75. The quantitative estimate of drug-likeness (QED) is 0.360. The van der Waals surface area contributed by atoms with Crippen molar-refractivity contribution in [2.75, 3.05) is 19.7 Å². The highest BCUT2D eigenvalue weighted by Crippen LogP contribution is 2.64. The Labute approximate surface area is 254 Å². The van der Waals surface area contributed by atoms with E-state index in [1.807, 2.05) is 74.5 Å². The topological polar surface area (TPSA) is 90.4 Å². The van der Waals surface area contributed by atoms with Gasteiger partial charge in [-0.3, -0.25) is 14.4 Å². The molecule has 2 unspecified atom stereocenters. The van der Waals surface area contributed by atoms with Crippen LogP contribution in [0.25, 0.3) is 0 Å². The Balaban J connectivity index is 1.55. The number of fused-ring (bicyclic) bond motifs is 1. The number of hydrogen-bond acceptors (Lipinski definition) is 5. The molecule has 1 spiro atoms. The average Bonchev–Trinajstić information content (AvgIpc) is 3.58. The lowest BCUT2D eigenvalue weighted by Crippen LogP contribution is -2.58. The van der Waals surface area contributed by atoms with E-state index >= 15 is 0 Å². The first-order valence-electron chi connectivity index (χ1n) is 15.2. The molecule has 5 rings (SSSR count). The maximum absolute atomic E-state index is 14.6. The van der Waals surface area contributed by atoms with E-state index in [2.05, 4.69) is 13.2 Å². The van der Waals surface area contributed by atoms with E-state index in [0.717, 1.165) is 11.1 Å². The van der Waals surface area contributed by atoms with E-state index in [-0.39, 0.29) is 30.9 Å². The van der Waals surface area contributed by atoms with Crippen LogP contribution in [0, 0.1) is 11.8 Å². The largest absolute Gasteiger partial charge is 0.394 e. The van der Waals surface area contributed by atoms with Crippen LogP contribution >= 0.6 is 0 Å². The molecule has 0 saturated carbocycles. The Morgan fingerprint density at radius 3 is 2.00 bits per heavy atom. The van der Waals surface area contributed by atoms with Crippen LogP contribution in [0.5, 0.6) is 0 Å². The molecule has 3 aliphatic heterocycles. The maximum atomic E-state index is 14.6. The summed E-state index contributed by atoms with van der Waals surface area (Å²) in [4.78, 5) is 48.6. The highest BCUT2D eigenvalue weighted by Gasteiger charge is 2.78. The zero-order valence-corrected chi connectivity index (χ0v) is 25.2. The molecule has 8 heteroatoms. The van der Waals surface area contributed by atoms with Crippen LogP contribution in [0.2, 0.25) is 0 Å². The van der Waals surface area contributed by atoms with Crippen LogP contribution in [0.1, 0.15) is 44.2 Å². The van der Waals surface area contributed by atoms with Crippen LogP contribution < -0.4 is 0 Å². The zero-order valence-electron chi connectivity index (χ0n) is 25.2. The van der Waals surface area contributed by atoms with E-state index < -0.39 is 35.1 Å². The van der Waals surface area contributed by atoms with Crippen molar-refractivity contribution >= 4 is 17.7 Å². The smallest absolute Gasteiger partial charge is 0.249 e. The number of rotatable bonds is 13. The Kier molecular flexibility index (Phi) is 8.90. The van der Waals surface area contributed by atoms with Gasteiger partial charge in [0.2, 0.25) is 17.7 Å². The summed E-state index contributed by atoms with van der Waals surface area (Å²) in [7, 11) is 0. The number of carbonyl (C=O) groups is 3. The van der Waals surface area contributed by atoms with Crippen LogP contribution in [-0.4, -0.2) is 80.5 Å². The van der Waals surface area contributed by atoms with Gasteiger partial charge in [-0.25, -0.2) is 0 Å². The van der Waals surface area contributed by atoms with E-state index in [1.165, 1.54) is 0 Å². The van der Waals surface area contributed by atoms with Crippen molar-refractivity contribution in [3.63, 3.8) is 0 Å². The number of aliphatic hydroxyl groups excluding tert-OH is 1. The lowest BCUT2D eigenvalue weighted by Gasteiger charge is -2.39. The molecule has 0 aromatic heterocycles. The number of hydrogen-bond donors (Lipinski definition) is 1. The van der Waals surface area contributed by atoms with Crippen LogP contribution in [0.3, 0.4) is 0 Å². The van der Waals surface area contributed by atoms with Gasteiger partial charge in [0.1, 0.15) is 11.6 Å². The van der Waals surface area contributed by atoms with Gasteiger partial charge >= 0.3 is 0 Å². The summed E-state index contributed by atoms with van der Waals surface area (Å²) in [6, 6.07) is 17.9. The number of likely N-dealkylation sites (tertiary alicyclic amines) is 1. The molecule has 6 atom stereocenters. The Bertz CT molecular complexity index is 1350. The molecule has 43 heavy (non-hydrogen) atoms. The number of amides is 3. The van der Waals surface area contributed by atoms with Gasteiger partial charge in [0.15, 0.2) is 0 Å². The first-order chi connectivity index (χ1) is 20.7. The van der Waals surface area contributed by atoms with Gasteiger partial charge < -0.3 is 24.5 Å². The zero-order chi connectivity index (χ0) is 30.8. The number of carbonyl (C=O) groups excluding carboxylic acids is 3. The summed E-state index contributed by atoms with van der Waals surface area (Å²) in [5.74, 6) is -2.33. The van der Waals surface area contributed by atoms with Gasteiger partial charge in [-0.2, -0.15) is 0 Å². The van der Waals surface area contributed by atoms with Crippen LogP contribution in [0.15, 0.2) is 86.0 Å². The van der Waals surface area contributed by atoms with E-state index in [1.54, 1.807) is 26.9 Å². The number of ether oxygens (including phenoxy) is 1. The van der Waals surface area contributed by atoms with E-state index in [0.29, 0.717) is 38.9 Å². The number of nitrogens with zero attached hydrogens (tertiary/aromatic N) is 3. The molecule has 2 aromatic rings. The number of benzene rings is 2.